The molecule has 6 heteroatoms. The van der Waals surface area contributed by atoms with Crippen molar-refractivity contribution in [3.8, 4) is 0 Å². The number of nitrogens with two attached hydrogens (primary N) is 1. The van der Waals surface area contributed by atoms with Crippen molar-refractivity contribution in [1.29, 1.82) is 0 Å². The second-order valence-electron chi connectivity index (χ2n) is 3.79. The van der Waals surface area contributed by atoms with E-state index < -0.39 is 12.1 Å². The Kier molecular flexibility index (Phi) is 5.64. The predicted octanol–water partition coefficient (Wildman–Crippen LogP) is 1.38. The van der Waals surface area contributed by atoms with Gasteiger partial charge in [-0.1, -0.05) is 13.8 Å². The van der Waals surface area contributed by atoms with Gasteiger partial charge in [0.2, 0.25) is 0 Å². The highest BCUT2D eigenvalue weighted by atomic mass is 19.4. The Morgan fingerprint density at radius 2 is 1.93 bits per heavy atom. The molecule has 0 aromatic heterocycles. The second-order valence-corrected chi connectivity index (χ2v) is 3.79. The van der Waals surface area contributed by atoms with E-state index in [0.717, 1.165) is 4.90 Å². The number of rotatable bonds is 5. The summed E-state index contributed by atoms with van der Waals surface area (Å²) in [5.74, 6) is -1.77. The Balaban J connectivity index is 4.41. The van der Waals surface area contributed by atoms with Crippen LogP contribution in [0.1, 0.15) is 20.3 Å². The highest BCUT2D eigenvalue weighted by Crippen LogP contribution is 2.19. The lowest BCUT2D eigenvalue weighted by Crippen LogP contribution is -2.43. The molecule has 15 heavy (non-hydrogen) atoms. The summed E-state index contributed by atoms with van der Waals surface area (Å²) in [5.41, 5.74) is 5.20. The van der Waals surface area contributed by atoms with E-state index >= 15 is 0 Å². The molecule has 3 nitrogen and oxygen atoms in total. The summed E-state index contributed by atoms with van der Waals surface area (Å²) in [7, 11) is 0. The SMILES string of the molecule is CC(C)CN(CCCN)C(=O)C(F)(F)F. The summed E-state index contributed by atoms with van der Waals surface area (Å²) in [5, 5.41) is 0. The van der Waals surface area contributed by atoms with Crippen LogP contribution in [-0.4, -0.2) is 36.6 Å². The van der Waals surface area contributed by atoms with E-state index in [9.17, 15) is 18.0 Å². The molecular weight excluding hydrogens is 209 g/mol. The van der Waals surface area contributed by atoms with Gasteiger partial charge in [0, 0.05) is 13.1 Å². The molecule has 0 saturated carbocycles. The first-order chi connectivity index (χ1) is 6.79. The number of nitrogens with zero attached hydrogens (tertiary/aromatic N) is 1. The van der Waals surface area contributed by atoms with E-state index in [0.29, 0.717) is 6.42 Å². The van der Waals surface area contributed by atoms with Crippen molar-refractivity contribution >= 4 is 5.91 Å². The van der Waals surface area contributed by atoms with Crippen LogP contribution in [0.15, 0.2) is 0 Å². The molecule has 0 fully saturated rings. The number of amides is 1. The lowest BCUT2D eigenvalue weighted by molar-refractivity contribution is -0.186. The van der Waals surface area contributed by atoms with Crippen molar-refractivity contribution in [2.45, 2.75) is 26.4 Å². The first-order valence-corrected chi connectivity index (χ1v) is 4.85. The zero-order valence-electron chi connectivity index (χ0n) is 8.97. The fourth-order valence-corrected chi connectivity index (χ4v) is 1.18. The van der Waals surface area contributed by atoms with Crippen LogP contribution in [0.25, 0.3) is 0 Å². The van der Waals surface area contributed by atoms with E-state index in [1.54, 1.807) is 13.8 Å². The highest BCUT2D eigenvalue weighted by molar-refractivity contribution is 5.81. The van der Waals surface area contributed by atoms with Crippen molar-refractivity contribution in [2.75, 3.05) is 19.6 Å². The minimum Gasteiger partial charge on any atom is -0.335 e. The van der Waals surface area contributed by atoms with E-state index in [1.165, 1.54) is 0 Å². The summed E-state index contributed by atoms with van der Waals surface area (Å²) < 4.78 is 36.5. The van der Waals surface area contributed by atoms with Crippen molar-refractivity contribution in [3.63, 3.8) is 0 Å². The maximum Gasteiger partial charge on any atom is 0.471 e. The number of hydrogen-bond acceptors (Lipinski definition) is 2. The van der Waals surface area contributed by atoms with Gasteiger partial charge >= 0.3 is 12.1 Å². The Hall–Kier alpha value is -0.780. The molecule has 0 spiro atoms. The molecule has 0 unspecified atom stereocenters. The molecule has 0 saturated heterocycles. The Bertz CT molecular complexity index is 204. The third kappa shape index (κ3) is 5.61. The van der Waals surface area contributed by atoms with E-state index in [4.69, 9.17) is 5.73 Å². The van der Waals surface area contributed by atoms with Gasteiger partial charge < -0.3 is 10.6 Å². The van der Waals surface area contributed by atoms with E-state index in [1.807, 2.05) is 0 Å². The molecule has 0 aromatic rings. The van der Waals surface area contributed by atoms with Gasteiger partial charge in [-0.2, -0.15) is 13.2 Å². The minimum atomic E-state index is -4.79. The van der Waals surface area contributed by atoms with Gasteiger partial charge in [0.25, 0.3) is 0 Å². The largest absolute Gasteiger partial charge is 0.471 e. The zero-order valence-corrected chi connectivity index (χ0v) is 8.97. The smallest absolute Gasteiger partial charge is 0.335 e. The van der Waals surface area contributed by atoms with Crippen molar-refractivity contribution in [1.82, 2.24) is 4.90 Å². The van der Waals surface area contributed by atoms with Gasteiger partial charge in [0.15, 0.2) is 0 Å². The van der Waals surface area contributed by atoms with Gasteiger partial charge in [0.05, 0.1) is 0 Å². The number of alkyl halides is 3. The highest BCUT2D eigenvalue weighted by Gasteiger charge is 2.42. The predicted molar refractivity (Wildman–Crippen MR) is 51.1 cm³/mol. The normalized spacial score (nSPS) is 11.9. The van der Waals surface area contributed by atoms with Crippen molar-refractivity contribution in [2.24, 2.45) is 11.7 Å². The van der Waals surface area contributed by atoms with Crippen LogP contribution in [0.5, 0.6) is 0 Å². The fourth-order valence-electron chi connectivity index (χ4n) is 1.18. The quantitative estimate of drug-likeness (QED) is 0.769. The van der Waals surface area contributed by atoms with Crippen LogP contribution in [0.2, 0.25) is 0 Å². The molecule has 0 rings (SSSR count). The summed E-state index contributed by atoms with van der Waals surface area (Å²) in [4.78, 5) is 11.8. The standard InChI is InChI=1S/C9H17F3N2O/c1-7(2)6-14(5-3-4-13)8(15)9(10,11)12/h7H,3-6,13H2,1-2H3. The molecule has 1 amide bonds. The second kappa shape index (κ2) is 5.95. The molecule has 0 aromatic carbocycles. The van der Waals surface area contributed by atoms with Crippen LogP contribution < -0.4 is 5.73 Å². The maximum absolute atomic E-state index is 12.2. The molecule has 0 radical (unpaired) electrons. The average molecular weight is 226 g/mol. The number of halogens is 3. The van der Waals surface area contributed by atoms with E-state index in [2.05, 4.69) is 0 Å². The van der Waals surface area contributed by atoms with Crippen LogP contribution >= 0.6 is 0 Å². The zero-order chi connectivity index (χ0) is 12.1. The summed E-state index contributed by atoms with van der Waals surface area (Å²) in [6.45, 7) is 3.98. The Morgan fingerprint density at radius 1 is 1.40 bits per heavy atom. The fraction of sp³-hybridized carbons (Fsp3) is 0.889. The Labute approximate surface area is 87.4 Å². The number of hydrogen-bond donors (Lipinski definition) is 1. The monoisotopic (exact) mass is 226 g/mol. The molecule has 0 bridgehead atoms. The lowest BCUT2D eigenvalue weighted by Gasteiger charge is -2.25. The van der Waals surface area contributed by atoms with E-state index in [-0.39, 0.29) is 25.6 Å². The molecule has 90 valence electrons. The minimum absolute atomic E-state index is 0.00840. The van der Waals surface area contributed by atoms with Crippen LogP contribution in [0, 0.1) is 5.92 Å². The van der Waals surface area contributed by atoms with Crippen LogP contribution in [0.3, 0.4) is 0 Å². The molecule has 0 aliphatic heterocycles. The Morgan fingerprint density at radius 3 is 2.27 bits per heavy atom. The topological polar surface area (TPSA) is 46.3 Å². The van der Waals surface area contributed by atoms with Gasteiger partial charge in [0.1, 0.15) is 0 Å². The van der Waals surface area contributed by atoms with Gasteiger partial charge in [-0.25, -0.2) is 0 Å². The van der Waals surface area contributed by atoms with Crippen molar-refractivity contribution < 1.29 is 18.0 Å². The number of carbonyl (C=O) groups is 1. The molecule has 0 aliphatic rings. The first-order valence-electron chi connectivity index (χ1n) is 4.85. The lowest BCUT2D eigenvalue weighted by atomic mass is 10.2. The summed E-state index contributed by atoms with van der Waals surface area (Å²) in [6.07, 6.45) is -4.40. The first kappa shape index (κ1) is 14.2. The average Bonchev–Trinajstić information content (AvgIpc) is 2.09. The maximum atomic E-state index is 12.2. The van der Waals surface area contributed by atoms with Gasteiger partial charge in [-0.15, -0.1) is 0 Å². The summed E-state index contributed by atoms with van der Waals surface area (Å²) >= 11 is 0. The van der Waals surface area contributed by atoms with Crippen molar-refractivity contribution in [3.05, 3.63) is 0 Å². The van der Waals surface area contributed by atoms with Gasteiger partial charge in [-0.3, -0.25) is 4.79 Å². The summed E-state index contributed by atoms with van der Waals surface area (Å²) in [6, 6.07) is 0. The molecule has 2 N–H and O–H groups in total. The van der Waals surface area contributed by atoms with Crippen LogP contribution in [0.4, 0.5) is 13.2 Å². The number of carbonyl (C=O) groups excluding carboxylic acids is 1. The third-order valence-corrected chi connectivity index (χ3v) is 1.75. The van der Waals surface area contributed by atoms with Gasteiger partial charge in [-0.05, 0) is 18.9 Å². The molecule has 0 atom stereocenters. The molecule has 0 heterocycles. The molecular formula is C9H17F3N2O. The third-order valence-electron chi connectivity index (χ3n) is 1.75. The molecule has 0 aliphatic carbocycles. The van der Waals surface area contributed by atoms with Crippen LogP contribution in [-0.2, 0) is 4.79 Å².